The van der Waals surface area contributed by atoms with Gasteiger partial charge in [-0.2, -0.15) is 18.4 Å². The number of aromatic nitrogens is 2. The summed E-state index contributed by atoms with van der Waals surface area (Å²) in [6.07, 6.45) is -1.68. The minimum atomic E-state index is -4.11. The first-order chi connectivity index (χ1) is 8.03. The van der Waals surface area contributed by atoms with Gasteiger partial charge < -0.3 is 5.32 Å². The van der Waals surface area contributed by atoms with Gasteiger partial charge in [0.25, 0.3) is 0 Å². The van der Waals surface area contributed by atoms with E-state index in [1.54, 1.807) is 0 Å². The normalized spacial score (nSPS) is 10.9. The van der Waals surface area contributed by atoms with Gasteiger partial charge in [-0.3, -0.25) is 0 Å². The first-order valence-electron chi connectivity index (χ1n) is 5.04. The molecule has 0 aliphatic heterocycles. The number of unbranched alkanes of at least 4 members (excludes halogenated alkanes) is 1. The Morgan fingerprint density at radius 2 is 1.94 bits per heavy atom. The van der Waals surface area contributed by atoms with Crippen molar-refractivity contribution in [3.8, 4) is 6.07 Å². The summed E-state index contributed by atoms with van der Waals surface area (Å²) in [5.74, 6) is 0.307. The van der Waals surface area contributed by atoms with Crippen LogP contribution in [0.25, 0.3) is 0 Å². The van der Waals surface area contributed by atoms with Crippen molar-refractivity contribution < 1.29 is 13.2 Å². The van der Waals surface area contributed by atoms with E-state index in [9.17, 15) is 13.2 Å². The molecule has 0 aromatic carbocycles. The molecular formula is C10H11F3N4. The lowest BCUT2D eigenvalue weighted by Crippen LogP contribution is -2.10. The van der Waals surface area contributed by atoms with E-state index in [0.717, 1.165) is 0 Å². The van der Waals surface area contributed by atoms with E-state index in [1.165, 1.54) is 12.4 Å². The van der Waals surface area contributed by atoms with Gasteiger partial charge in [-0.15, -0.1) is 0 Å². The van der Waals surface area contributed by atoms with Gasteiger partial charge in [0.1, 0.15) is 6.07 Å². The standard InChI is InChI=1S/C10H11F3N4/c11-10(12,13)3-1-2-4-16-9-8(7-14)15-5-6-17-9/h5-6H,1-4H2,(H,16,17). The molecule has 1 rings (SSSR count). The maximum absolute atomic E-state index is 11.8. The highest BCUT2D eigenvalue weighted by molar-refractivity contribution is 5.46. The third kappa shape index (κ3) is 5.15. The molecule has 0 unspecified atom stereocenters. The molecule has 1 heterocycles. The predicted octanol–water partition coefficient (Wildman–Crippen LogP) is 2.49. The van der Waals surface area contributed by atoms with Gasteiger partial charge >= 0.3 is 6.18 Å². The SMILES string of the molecule is N#Cc1nccnc1NCCCCC(F)(F)F. The Bertz CT molecular complexity index is 397. The Morgan fingerprint density at radius 3 is 2.59 bits per heavy atom. The number of hydrogen-bond donors (Lipinski definition) is 1. The monoisotopic (exact) mass is 244 g/mol. The number of alkyl halides is 3. The Morgan fingerprint density at radius 1 is 1.24 bits per heavy atom. The molecule has 1 aromatic heterocycles. The van der Waals surface area contributed by atoms with Crippen LogP contribution < -0.4 is 5.32 Å². The summed E-state index contributed by atoms with van der Waals surface area (Å²) in [5, 5.41) is 11.5. The number of rotatable bonds is 5. The smallest absolute Gasteiger partial charge is 0.368 e. The molecule has 0 bridgehead atoms. The Labute approximate surface area is 96.5 Å². The third-order valence-corrected chi connectivity index (χ3v) is 1.98. The lowest BCUT2D eigenvalue weighted by molar-refractivity contribution is -0.135. The van der Waals surface area contributed by atoms with Gasteiger partial charge in [-0.05, 0) is 12.8 Å². The molecule has 92 valence electrons. The fourth-order valence-electron chi connectivity index (χ4n) is 1.21. The lowest BCUT2D eigenvalue weighted by Gasteiger charge is -2.07. The number of nitrogens with one attached hydrogen (secondary N) is 1. The van der Waals surface area contributed by atoms with Crippen LogP contribution in [-0.4, -0.2) is 22.7 Å². The molecule has 1 N–H and O–H groups in total. The number of nitrogens with zero attached hydrogens (tertiary/aromatic N) is 3. The molecule has 0 atom stereocenters. The second kappa shape index (κ2) is 6.03. The quantitative estimate of drug-likeness (QED) is 0.808. The van der Waals surface area contributed by atoms with Crippen molar-refractivity contribution in [2.45, 2.75) is 25.4 Å². The fraction of sp³-hybridized carbons (Fsp3) is 0.500. The van der Waals surface area contributed by atoms with Gasteiger partial charge in [0, 0.05) is 25.4 Å². The van der Waals surface area contributed by atoms with Gasteiger partial charge in [0.2, 0.25) is 0 Å². The number of nitriles is 1. The molecule has 0 amide bonds. The average Bonchev–Trinajstić information content (AvgIpc) is 2.27. The summed E-state index contributed by atoms with van der Waals surface area (Å²) in [6.45, 7) is 0.337. The number of anilines is 1. The average molecular weight is 244 g/mol. The zero-order valence-corrected chi connectivity index (χ0v) is 8.96. The van der Waals surface area contributed by atoms with Crippen molar-refractivity contribution in [1.29, 1.82) is 5.26 Å². The molecule has 0 spiro atoms. The highest BCUT2D eigenvalue weighted by Gasteiger charge is 2.25. The van der Waals surface area contributed by atoms with Crippen molar-refractivity contribution in [3.63, 3.8) is 0 Å². The Hall–Kier alpha value is -1.84. The summed E-state index contributed by atoms with van der Waals surface area (Å²) in [6, 6.07) is 1.84. The van der Waals surface area contributed by atoms with E-state index in [-0.39, 0.29) is 12.1 Å². The molecule has 0 aliphatic carbocycles. The van der Waals surface area contributed by atoms with Crippen LogP contribution in [0.4, 0.5) is 19.0 Å². The summed E-state index contributed by atoms with van der Waals surface area (Å²) < 4.78 is 35.5. The second-order valence-electron chi connectivity index (χ2n) is 3.36. The molecule has 0 saturated carbocycles. The van der Waals surface area contributed by atoms with Crippen molar-refractivity contribution in [2.75, 3.05) is 11.9 Å². The van der Waals surface area contributed by atoms with Crippen LogP contribution in [0.1, 0.15) is 25.0 Å². The van der Waals surface area contributed by atoms with E-state index in [4.69, 9.17) is 5.26 Å². The van der Waals surface area contributed by atoms with E-state index < -0.39 is 12.6 Å². The molecular weight excluding hydrogens is 233 g/mol. The Kier molecular flexibility index (Phi) is 4.69. The molecule has 1 aromatic rings. The van der Waals surface area contributed by atoms with Gasteiger partial charge in [-0.25, -0.2) is 9.97 Å². The summed E-state index contributed by atoms with van der Waals surface area (Å²) >= 11 is 0. The summed E-state index contributed by atoms with van der Waals surface area (Å²) in [5.41, 5.74) is 0.142. The molecule has 7 heteroatoms. The van der Waals surface area contributed by atoms with Crippen LogP contribution in [0.5, 0.6) is 0 Å². The largest absolute Gasteiger partial charge is 0.389 e. The molecule has 0 saturated heterocycles. The second-order valence-corrected chi connectivity index (χ2v) is 3.36. The zero-order chi connectivity index (χ0) is 12.7. The molecule has 0 radical (unpaired) electrons. The molecule has 4 nitrogen and oxygen atoms in total. The highest BCUT2D eigenvalue weighted by Crippen LogP contribution is 2.22. The van der Waals surface area contributed by atoms with Gasteiger partial charge in [0.05, 0.1) is 0 Å². The van der Waals surface area contributed by atoms with Crippen LogP contribution in [-0.2, 0) is 0 Å². The first-order valence-corrected chi connectivity index (χ1v) is 5.04. The minimum Gasteiger partial charge on any atom is -0.368 e. The maximum atomic E-state index is 11.8. The van der Waals surface area contributed by atoms with Crippen LogP contribution >= 0.6 is 0 Å². The lowest BCUT2D eigenvalue weighted by atomic mass is 10.2. The maximum Gasteiger partial charge on any atom is 0.389 e. The van der Waals surface area contributed by atoms with Crippen molar-refractivity contribution in [1.82, 2.24) is 9.97 Å². The minimum absolute atomic E-state index is 0.0542. The fourth-order valence-corrected chi connectivity index (χ4v) is 1.21. The van der Waals surface area contributed by atoms with Crippen LogP contribution in [0.2, 0.25) is 0 Å². The van der Waals surface area contributed by atoms with E-state index in [1.807, 2.05) is 6.07 Å². The number of halogens is 3. The molecule has 0 fully saturated rings. The van der Waals surface area contributed by atoms with E-state index in [0.29, 0.717) is 18.8 Å². The molecule has 17 heavy (non-hydrogen) atoms. The Balaban J connectivity index is 2.30. The topological polar surface area (TPSA) is 61.6 Å². The number of hydrogen-bond acceptors (Lipinski definition) is 4. The van der Waals surface area contributed by atoms with Crippen molar-refractivity contribution in [2.24, 2.45) is 0 Å². The zero-order valence-electron chi connectivity index (χ0n) is 8.96. The van der Waals surface area contributed by atoms with Gasteiger partial charge in [0.15, 0.2) is 11.5 Å². The summed E-state index contributed by atoms with van der Waals surface area (Å²) in [4.78, 5) is 7.65. The molecule has 0 aliphatic rings. The van der Waals surface area contributed by atoms with Crippen LogP contribution in [0.3, 0.4) is 0 Å². The van der Waals surface area contributed by atoms with Gasteiger partial charge in [-0.1, -0.05) is 0 Å². The summed E-state index contributed by atoms with van der Waals surface area (Å²) in [7, 11) is 0. The van der Waals surface area contributed by atoms with E-state index >= 15 is 0 Å². The van der Waals surface area contributed by atoms with Crippen LogP contribution in [0.15, 0.2) is 12.4 Å². The van der Waals surface area contributed by atoms with E-state index in [2.05, 4.69) is 15.3 Å². The highest BCUT2D eigenvalue weighted by atomic mass is 19.4. The van der Waals surface area contributed by atoms with Crippen molar-refractivity contribution >= 4 is 5.82 Å². The third-order valence-electron chi connectivity index (χ3n) is 1.98. The van der Waals surface area contributed by atoms with Crippen molar-refractivity contribution in [3.05, 3.63) is 18.1 Å². The first kappa shape index (κ1) is 13.2. The predicted molar refractivity (Wildman–Crippen MR) is 55.1 cm³/mol. The van der Waals surface area contributed by atoms with Crippen LogP contribution in [0, 0.1) is 11.3 Å².